The average Bonchev–Trinajstić information content (AvgIpc) is 3.20. The first-order valence-electron chi connectivity index (χ1n) is 10.6. The molecule has 1 heterocycles. The van der Waals surface area contributed by atoms with Gasteiger partial charge in [0.1, 0.15) is 16.4 Å². The van der Waals surface area contributed by atoms with Crippen LogP contribution in [0.5, 0.6) is 11.5 Å². The number of hydrogen-bond acceptors (Lipinski definition) is 6. The molecule has 172 valence electrons. The van der Waals surface area contributed by atoms with Crippen molar-refractivity contribution in [2.45, 2.75) is 13.3 Å². The lowest BCUT2D eigenvalue weighted by atomic mass is 10.2. The Morgan fingerprint density at radius 1 is 1.00 bits per heavy atom. The molecule has 8 heteroatoms. The van der Waals surface area contributed by atoms with Crippen LogP contribution < -0.4 is 14.9 Å². The first kappa shape index (κ1) is 23.5. The van der Waals surface area contributed by atoms with E-state index in [4.69, 9.17) is 21.1 Å². The molecule has 0 atom stereocenters. The number of fused-ring (bicyclic) bond motifs is 1. The summed E-state index contributed by atoms with van der Waals surface area (Å²) in [5, 5.41) is 5.26. The zero-order chi connectivity index (χ0) is 23.9. The average molecular weight is 493 g/mol. The minimum absolute atomic E-state index is 0.376. The molecule has 3 aromatic carbocycles. The standard InChI is InChI=1S/C26H21ClN2O4S/c1-2-15-32-19-13-9-18(10-14-19)26(31)33-20-11-7-17(8-12-20)16-28-29-25(30)24-23(27)21-5-3-4-6-22(21)34-24/h3-14,16H,2,15H2,1H3,(H,29,30). The quantitative estimate of drug-likeness (QED) is 0.135. The van der Waals surface area contributed by atoms with Gasteiger partial charge in [0.2, 0.25) is 0 Å². The van der Waals surface area contributed by atoms with Crippen LogP contribution in [0, 0.1) is 0 Å². The summed E-state index contributed by atoms with van der Waals surface area (Å²) in [6, 6.07) is 21.1. The molecular formula is C26H21ClN2O4S. The molecule has 0 aliphatic carbocycles. The minimum atomic E-state index is -0.462. The van der Waals surface area contributed by atoms with Crippen molar-refractivity contribution in [3.63, 3.8) is 0 Å². The van der Waals surface area contributed by atoms with E-state index >= 15 is 0 Å². The summed E-state index contributed by atoms with van der Waals surface area (Å²) in [5.74, 6) is 0.272. The maximum absolute atomic E-state index is 12.4. The number of carbonyl (C=O) groups excluding carboxylic acids is 2. The Hall–Kier alpha value is -3.68. The van der Waals surface area contributed by atoms with E-state index in [-0.39, 0.29) is 5.91 Å². The van der Waals surface area contributed by atoms with Gasteiger partial charge in [-0.2, -0.15) is 5.10 Å². The molecule has 34 heavy (non-hydrogen) atoms. The van der Waals surface area contributed by atoms with Crippen LogP contribution in [0.1, 0.15) is 38.9 Å². The maximum atomic E-state index is 12.4. The number of benzene rings is 3. The molecule has 0 aliphatic rings. The maximum Gasteiger partial charge on any atom is 0.343 e. The zero-order valence-electron chi connectivity index (χ0n) is 18.3. The number of nitrogens with one attached hydrogen (secondary N) is 1. The summed E-state index contributed by atoms with van der Waals surface area (Å²) in [6.07, 6.45) is 2.41. The van der Waals surface area contributed by atoms with Gasteiger partial charge in [-0.05, 0) is 66.6 Å². The van der Waals surface area contributed by atoms with E-state index in [1.807, 2.05) is 31.2 Å². The monoisotopic (exact) mass is 492 g/mol. The molecule has 1 aromatic heterocycles. The van der Waals surface area contributed by atoms with Gasteiger partial charge in [0.05, 0.1) is 23.4 Å². The molecule has 0 unspecified atom stereocenters. The normalized spacial score (nSPS) is 11.0. The molecule has 1 N–H and O–H groups in total. The Labute approximate surface area is 205 Å². The van der Waals surface area contributed by atoms with Crippen LogP contribution in [0.15, 0.2) is 77.9 Å². The Morgan fingerprint density at radius 3 is 2.41 bits per heavy atom. The summed E-state index contributed by atoms with van der Waals surface area (Å²) < 4.78 is 11.9. The number of esters is 1. The van der Waals surface area contributed by atoms with Crippen LogP contribution in [-0.2, 0) is 0 Å². The molecule has 6 nitrogen and oxygen atoms in total. The minimum Gasteiger partial charge on any atom is -0.494 e. The molecule has 4 rings (SSSR count). The van der Waals surface area contributed by atoms with Crippen molar-refractivity contribution >= 4 is 51.1 Å². The van der Waals surface area contributed by atoms with Crippen molar-refractivity contribution in [3.05, 3.63) is 93.8 Å². The zero-order valence-corrected chi connectivity index (χ0v) is 19.9. The first-order valence-corrected chi connectivity index (χ1v) is 11.8. The highest BCUT2D eigenvalue weighted by Gasteiger charge is 2.16. The molecular weight excluding hydrogens is 472 g/mol. The summed E-state index contributed by atoms with van der Waals surface area (Å²) in [7, 11) is 0. The van der Waals surface area contributed by atoms with Crippen molar-refractivity contribution in [2.24, 2.45) is 5.10 Å². The van der Waals surface area contributed by atoms with Crippen LogP contribution >= 0.6 is 22.9 Å². The second kappa shape index (κ2) is 11.0. The van der Waals surface area contributed by atoms with Gasteiger partial charge in [-0.1, -0.05) is 36.7 Å². The molecule has 0 bridgehead atoms. The van der Waals surface area contributed by atoms with Crippen LogP contribution in [0.25, 0.3) is 10.1 Å². The van der Waals surface area contributed by atoms with Crippen molar-refractivity contribution in [1.82, 2.24) is 5.43 Å². The number of ether oxygens (including phenoxy) is 2. The number of amides is 1. The number of hydrogen-bond donors (Lipinski definition) is 1. The Morgan fingerprint density at radius 2 is 1.71 bits per heavy atom. The Balaban J connectivity index is 1.32. The van der Waals surface area contributed by atoms with Crippen molar-refractivity contribution in [3.8, 4) is 11.5 Å². The molecule has 0 saturated carbocycles. The molecule has 0 spiro atoms. The van der Waals surface area contributed by atoms with E-state index in [0.29, 0.717) is 33.6 Å². The molecule has 0 fully saturated rings. The lowest BCUT2D eigenvalue weighted by molar-refractivity contribution is 0.0734. The molecule has 4 aromatic rings. The second-order valence-corrected chi connectivity index (χ2v) is 8.70. The van der Waals surface area contributed by atoms with Gasteiger partial charge in [-0.25, -0.2) is 10.2 Å². The highest BCUT2D eigenvalue weighted by Crippen LogP contribution is 2.34. The number of carbonyl (C=O) groups is 2. The summed E-state index contributed by atoms with van der Waals surface area (Å²) >= 11 is 7.64. The number of thiophene rings is 1. The third-order valence-electron chi connectivity index (χ3n) is 4.77. The highest BCUT2D eigenvalue weighted by molar-refractivity contribution is 7.21. The van der Waals surface area contributed by atoms with Gasteiger partial charge < -0.3 is 9.47 Å². The molecule has 0 aliphatic heterocycles. The number of rotatable bonds is 8. The molecule has 0 saturated heterocycles. The summed E-state index contributed by atoms with van der Waals surface area (Å²) in [5.41, 5.74) is 3.65. The topological polar surface area (TPSA) is 77.0 Å². The Bertz CT molecular complexity index is 1330. The van der Waals surface area contributed by atoms with Crippen LogP contribution in [0.3, 0.4) is 0 Å². The van der Waals surface area contributed by atoms with E-state index in [0.717, 1.165) is 22.1 Å². The molecule has 0 radical (unpaired) electrons. The first-order chi connectivity index (χ1) is 16.5. The van der Waals surface area contributed by atoms with Crippen LogP contribution in [-0.4, -0.2) is 24.7 Å². The van der Waals surface area contributed by atoms with Crippen molar-refractivity contribution in [2.75, 3.05) is 6.61 Å². The lowest BCUT2D eigenvalue weighted by Gasteiger charge is -2.07. The summed E-state index contributed by atoms with van der Waals surface area (Å²) in [4.78, 5) is 25.2. The van der Waals surface area contributed by atoms with Crippen LogP contribution in [0.2, 0.25) is 5.02 Å². The second-order valence-electron chi connectivity index (χ2n) is 7.27. The van der Waals surface area contributed by atoms with Gasteiger partial charge in [0.15, 0.2) is 0 Å². The largest absolute Gasteiger partial charge is 0.494 e. The predicted molar refractivity (Wildman–Crippen MR) is 136 cm³/mol. The SMILES string of the molecule is CCCOc1ccc(C(=O)Oc2ccc(C=NNC(=O)c3sc4ccccc4c3Cl)cc2)cc1. The fourth-order valence-electron chi connectivity index (χ4n) is 3.07. The van der Waals surface area contributed by atoms with Crippen molar-refractivity contribution in [1.29, 1.82) is 0 Å². The third-order valence-corrected chi connectivity index (χ3v) is 6.45. The summed E-state index contributed by atoms with van der Waals surface area (Å²) in [6.45, 7) is 2.66. The Kier molecular flexibility index (Phi) is 7.57. The van der Waals surface area contributed by atoms with Crippen molar-refractivity contribution < 1.29 is 19.1 Å². The smallest absolute Gasteiger partial charge is 0.343 e. The fraction of sp³-hybridized carbons (Fsp3) is 0.115. The van der Waals surface area contributed by atoms with Gasteiger partial charge in [0, 0.05) is 10.1 Å². The van der Waals surface area contributed by atoms with Crippen LogP contribution in [0.4, 0.5) is 0 Å². The van der Waals surface area contributed by atoms with E-state index in [2.05, 4.69) is 10.5 Å². The van der Waals surface area contributed by atoms with Gasteiger partial charge in [-0.3, -0.25) is 4.79 Å². The van der Waals surface area contributed by atoms with E-state index < -0.39 is 5.97 Å². The lowest BCUT2D eigenvalue weighted by Crippen LogP contribution is -2.16. The number of hydrazone groups is 1. The highest BCUT2D eigenvalue weighted by atomic mass is 35.5. The number of halogens is 1. The third kappa shape index (κ3) is 5.62. The van der Waals surface area contributed by atoms with Gasteiger partial charge >= 0.3 is 5.97 Å². The van der Waals surface area contributed by atoms with Gasteiger partial charge in [0.25, 0.3) is 5.91 Å². The molecule has 1 amide bonds. The number of nitrogens with zero attached hydrogens (tertiary/aromatic N) is 1. The van der Waals surface area contributed by atoms with E-state index in [1.165, 1.54) is 17.6 Å². The fourth-order valence-corrected chi connectivity index (χ4v) is 4.48. The van der Waals surface area contributed by atoms with E-state index in [1.54, 1.807) is 48.5 Å². The predicted octanol–water partition coefficient (Wildman–Crippen LogP) is 6.33. The van der Waals surface area contributed by atoms with Gasteiger partial charge in [-0.15, -0.1) is 11.3 Å². The van der Waals surface area contributed by atoms with E-state index in [9.17, 15) is 9.59 Å².